The third-order valence-electron chi connectivity index (χ3n) is 5.19. The number of carbonyl (C=O) groups is 1. The van der Waals surface area contributed by atoms with Crippen LogP contribution < -0.4 is 9.38 Å². The molecule has 0 amide bonds. The van der Waals surface area contributed by atoms with Crippen molar-refractivity contribution in [2.75, 3.05) is 32.1 Å². The molecule has 0 radical (unpaired) electrons. The van der Waals surface area contributed by atoms with Crippen LogP contribution in [0.3, 0.4) is 0 Å². The van der Waals surface area contributed by atoms with Crippen LogP contribution in [-0.2, 0) is 25.8 Å². The lowest BCUT2D eigenvalue weighted by atomic mass is 10.1. The maximum absolute atomic E-state index is 13.7. The second kappa shape index (κ2) is 9.61. The number of benzene rings is 1. The molecule has 1 fully saturated rings. The predicted molar refractivity (Wildman–Crippen MR) is 118 cm³/mol. The molecule has 2 atom stereocenters. The minimum absolute atomic E-state index is 0.0209. The number of para-hydroxylation sites is 1. The highest BCUT2D eigenvalue weighted by molar-refractivity contribution is 7.93. The van der Waals surface area contributed by atoms with Crippen LogP contribution in [0, 0.1) is 5.21 Å². The van der Waals surface area contributed by atoms with Gasteiger partial charge in [0.15, 0.2) is 16.4 Å². The highest BCUT2D eigenvalue weighted by atomic mass is 32.2. The zero-order valence-corrected chi connectivity index (χ0v) is 19.4. The van der Waals surface area contributed by atoms with Gasteiger partial charge in [-0.2, -0.15) is 4.98 Å². The SMILES string of the molecule is CCc1ccccc1OCC(=O)OC1CN(CC)C[N+]1([O-])c1ncc(S(=O)(=O)CC)s1. The highest BCUT2D eigenvalue weighted by Gasteiger charge is 2.46. The molecule has 1 aromatic heterocycles. The Morgan fingerprint density at radius 3 is 2.74 bits per heavy atom. The number of sulfone groups is 1. The molecule has 1 aliphatic heterocycles. The summed E-state index contributed by atoms with van der Waals surface area (Å²) in [4.78, 5) is 18.4. The fourth-order valence-electron chi connectivity index (χ4n) is 3.30. The lowest BCUT2D eigenvalue weighted by molar-refractivity contribution is -0.155. The largest absolute Gasteiger partial charge is 0.622 e. The van der Waals surface area contributed by atoms with Crippen molar-refractivity contribution in [3.05, 3.63) is 41.2 Å². The minimum atomic E-state index is -3.47. The first-order chi connectivity index (χ1) is 14.7. The molecule has 0 spiro atoms. The van der Waals surface area contributed by atoms with Crippen LogP contribution in [-0.4, -0.2) is 62.6 Å². The third kappa shape index (κ3) is 5.07. The number of hydrogen-bond donors (Lipinski definition) is 0. The van der Waals surface area contributed by atoms with Gasteiger partial charge in [-0.05, 0) is 29.4 Å². The molecule has 31 heavy (non-hydrogen) atoms. The summed E-state index contributed by atoms with van der Waals surface area (Å²) in [6, 6.07) is 7.41. The Kier molecular flexibility index (Phi) is 7.32. The number of ether oxygens (including phenoxy) is 2. The van der Waals surface area contributed by atoms with E-state index in [1.54, 1.807) is 6.07 Å². The van der Waals surface area contributed by atoms with Crippen LogP contribution in [0.15, 0.2) is 34.7 Å². The molecule has 1 aromatic carbocycles. The lowest BCUT2D eigenvalue weighted by Gasteiger charge is -2.38. The summed E-state index contributed by atoms with van der Waals surface area (Å²) in [7, 11) is -3.47. The molecule has 11 heteroatoms. The Labute approximate surface area is 186 Å². The van der Waals surface area contributed by atoms with Gasteiger partial charge in [-0.25, -0.2) is 18.1 Å². The van der Waals surface area contributed by atoms with Crippen molar-refractivity contribution < 1.29 is 22.7 Å². The van der Waals surface area contributed by atoms with E-state index in [0.717, 1.165) is 23.3 Å². The Bertz CT molecular complexity index is 1030. The molecule has 9 nitrogen and oxygen atoms in total. The number of quaternary nitrogens is 1. The van der Waals surface area contributed by atoms with E-state index in [-0.39, 0.29) is 34.9 Å². The molecule has 0 bridgehead atoms. The molecule has 0 aliphatic carbocycles. The summed E-state index contributed by atoms with van der Waals surface area (Å²) >= 11 is 0.830. The summed E-state index contributed by atoms with van der Waals surface area (Å²) in [5.74, 6) is -0.144. The zero-order valence-electron chi connectivity index (χ0n) is 17.8. The number of hydrogen-bond acceptors (Lipinski definition) is 9. The van der Waals surface area contributed by atoms with Crippen molar-refractivity contribution in [1.29, 1.82) is 0 Å². The van der Waals surface area contributed by atoms with E-state index in [1.807, 2.05) is 36.9 Å². The Hall–Kier alpha value is -2.05. The van der Waals surface area contributed by atoms with Crippen LogP contribution in [0.25, 0.3) is 0 Å². The molecule has 1 saturated heterocycles. The molecule has 170 valence electrons. The zero-order chi connectivity index (χ0) is 22.6. The van der Waals surface area contributed by atoms with Crippen LogP contribution in [0.5, 0.6) is 5.75 Å². The quantitative estimate of drug-likeness (QED) is 0.313. The molecule has 2 unspecified atom stereocenters. The van der Waals surface area contributed by atoms with Gasteiger partial charge in [0.25, 0.3) is 11.4 Å². The summed E-state index contributed by atoms with van der Waals surface area (Å²) < 4.78 is 34.4. The maximum Gasteiger partial charge on any atom is 0.348 e. The van der Waals surface area contributed by atoms with E-state index in [4.69, 9.17) is 9.47 Å². The van der Waals surface area contributed by atoms with Crippen molar-refractivity contribution in [1.82, 2.24) is 14.5 Å². The Balaban J connectivity index is 1.75. The van der Waals surface area contributed by atoms with E-state index >= 15 is 0 Å². The molecule has 0 saturated carbocycles. The first-order valence-corrected chi connectivity index (χ1v) is 12.6. The molecule has 1 aliphatic rings. The minimum Gasteiger partial charge on any atom is -0.622 e. The topological polar surface area (TPSA) is 109 Å². The number of thiazole rings is 1. The number of aromatic nitrogens is 1. The standard InChI is InChI=1S/C20H27N3O6S2/c1-4-15-9-7-8-10-16(15)28-13-18(24)29-17-12-22(5-2)14-23(17,25)20-21-11-19(30-20)31(26,27)6-3/h7-11,17H,4-6,12-14H2,1-3H3. The lowest BCUT2D eigenvalue weighted by Crippen LogP contribution is -2.51. The number of carbonyl (C=O) groups excluding carboxylic acids is 1. The van der Waals surface area contributed by atoms with E-state index in [1.165, 1.54) is 13.1 Å². The summed E-state index contributed by atoms with van der Waals surface area (Å²) in [5.41, 5.74) is 0.967. The van der Waals surface area contributed by atoms with E-state index in [9.17, 15) is 18.4 Å². The van der Waals surface area contributed by atoms with Crippen LogP contribution in [0.4, 0.5) is 5.13 Å². The average Bonchev–Trinajstić information content (AvgIpc) is 3.39. The van der Waals surface area contributed by atoms with Crippen molar-refractivity contribution >= 4 is 32.3 Å². The van der Waals surface area contributed by atoms with Gasteiger partial charge in [0.05, 0.1) is 18.5 Å². The molecule has 3 rings (SSSR count). The fraction of sp³-hybridized carbons (Fsp3) is 0.500. The second-order valence-electron chi connectivity index (χ2n) is 7.17. The number of rotatable bonds is 9. The van der Waals surface area contributed by atoms with E-state index < -0.39 is 26.7 Å². The van der Waals surface area contributed by atoms with Crippen LogP contribution in [0.1, 0.15) is 26.3 Å². The van der Waals surface area contributed by atoms with Crippen LogP contribution >= 0.6 is 11.3 Å². The van der Waals surface area contributed by atoms with E-state index in [2.05, 4.69) is 4.98 Å². The Morgan fingerprint density at radius 2 is 2.06 bits per heavy atom. The monoisotopic (exact) mass is 469 g/mol. The van der Waals surface area contributed by atoms with Crippen molar-refractivity contribution in [3.8, 4) is 5.75 Å². The number of likely N-dealkylation sites (N-methyl/N-ethyl adjacent to an activating group) is 1. The summed E-state index contributed by atoms with van der Waals surface area (Å²) in [6.07, 6.45) is 0.905. The number of esters is 1. The van der Waals surface area contributed by atoms with Gasteiger partial charge in [-0.1, -0.05) is 39.0 Å². The number of aryl methyl sites for hydroxylation is 1. The molecular formula is C20H27N3O6S2. The highest BCUT2D eigenvalue weighted by Crippen LogP contribution is 2.36. The van der Waals surface area contributed by atoms with E-state index in [0.29, 0.717) is 12.3 Å². The van der Waals surface area contributed by atoms with Gasteiger partial charge in [0, 0.05) is 6.54 Å². The Morgan fingerprint density at radius 1 is 1.32 bits per heavy atom. The van der Waals surface area contributed by atoms with Crippen LogP contribution in [0.2, 0.25) is 0 Å². The fourth-order valence-corrected chi connectivity index (χ4v) is 5.61. The van der Waals surface area contributed by atoms with Gasteiger partial charge in [0.2, 0.25) is 0 Å². The first kappa shape index (κ1) is 23.6. The summed E-state index contributed by atoms with van der Waals surface area (Å²) in [6.45, 7) is 5.93. The van der Waals surface area contributed by atoms with Crippen molar-refractivity contribution in [2.45, 2.75) is 37.6 Å². The average molecular weight is 470 g/mol. The normalized spacial score (nSPS) is 21.9. The van der Waals surface area contributed by atoms with Crippen molar-refractivity contribution in [3.63, 3.8) is 0 Å². The van der Waals surface area contributed by atoms with Gasteiger partial charge in [0.1, 0.15) is 16.6 Å². The molecule has 2 aromatic rings. The van der Waals surface area contributed by atoms with Gasteiger partial charge in [-0.15, -0.1) is 0 Å². The molecule has 0 N–H and O–H groups in total. The molecular weight excluding hydrogens is 442 g/mol. The second-order valence-corrected chi connectivity index (χ2v) is 10.7. The summed E-state index contributed by atoms with van der Waals surface area (Å²) in [5, 5.41) is 13.7. The third-order valence-corrected chi connectivity index (χ3v) is 8.58. The first-order valence-electron chi connectivity index (χ1n) is 10.1. The van der Waals surface area contributed by atoms with Gasteiger partial charge in [-0.3, -0.25) is 4.65 Å². The van der Waals surface area contributed by atoms with Crippen molar-refractivity contribution in [2.24, 2.45) is 0 Å². The van der Waals surface area contributed by atoms with Gasteiger partial charge >= 0.3 is 5.97 Å². The van der Waals surface area contributed by atoms with Gasteiger partial charge < -0.3 is 14.7 Å². The molecule has 2 heterocycles. The number of nitrogens with zero attached hydrogens (tertiary/aromatic N) is 3. The smallest absolute Gasteiger partial charge is 0.348 e. The predicted octanol–water partition coefficient (Wildman–Crippen LogP) is 2.55. The number of hydroxylamine groups is 2. The maximum atomic E-state index is 13.7.